The standard InChI is InChI=1S/C11H13N3O/c12-11(13)8-3-5-9(6-4-8)14-7-1-2-10(14)15/h3-6H,1-2,7H2,(H3,12,13). The quantitative estimate of drug-likeness (QED) is 0.558. The van der Waals surface area contributed by atoms with Crippen LogP contribution in [0, 0.1) is 5.41 Å². The molecule has 15 heavy (non-hydrogen) atoms. The maximum Gasteiger partial charge on any atom is 0.227 e. The highest BCUT2D eigenvalue weighted by Gasteiger charge is 2.21. The molecule has 4 heteroatoms. The van der Waals surface area contributed by atoms with Crippen molar-refractivity contribution in [2.24, 2.45) is 5.73 Å². The number of carbonyl (C=O) groups excluding carboxylic acids is 1. The van der Waals surface area contributed by atoms with E-state index in [2.05, 4.69) is 0 Å². The Labute approximate surface area is 88.2 Å². The summed E-state index contributed by atoms with van der Waals surface area (Å²) >= 11 is 0. The van der Waals surface area contributed by atoms with Gasteiger partial charge in [0.15, 0.2) is 0 Å². The van der Waals surface area contributed by atoms with E-state index in [0.29, 0.717) is 12.0 Å². The first-order valence-electron chi connectivity index (χ1n) is 4.93. The van der Waals surface area contributed by atoms with Crippen molar-refractivity contribution in [2.45, 2.75) is 12.8 Å². The lowest BCUT2D eigenvalue weighted by atomic mass is 10.2. The van der Waals surface area contributed by atoms with Crippen molar-refractivity contribution in [1.29, 1.82) is 5.41 Å². The minimum Gasteiger partial charge on any atom is -0.384 e. The Balaban J connectivity index is 2.23. The van der Waals surface area contributed by atoms with Crippen LogP contribution in [0.4, 0.5) is 5.69 Å². The van der Waals surface area contributed by atoms with E-state index >= 15 is 0 Å². The largest absolute Gasteiger partial charge is 0.384 e. The Hall–Kier alpha value is -1.84. The van der Waals surface area contributed by atoms with Gasteiger partial charge < -0.3 is 10.6 Å². The molecule has 3 N–H and O–H groups in total. The third-order valence-corrected chi connectivity index (χ3v) is 2.56. The molecule has 1 amide bonds. The van der Waals surface area contributed by atoms with Gasteiger partial charge in [-0.25, -0.2) is 0 Å². The number of nitrogens with zero attached hydrogens (tertiary/aromatic N) is 1. The Morgan fingerprint density at radius 1 is 1.33 bits per heavy atom. The third-order valence-electron chi connectivity index (χ3n) is 2.56. The molecule has 1 saturated heterocycles. The number of benzene rings is 1. The summed E-state index contributed by atoms with van der Waals surface area (Å²) in [6.07, 6.45) is 1.56. The Bertz CT molecular complexity index is 397. The van der Waals surface area contributed by atoms with Crippen LogP contribution in [0.2, 0.25) is 0 Å². The molecule has 1 aliphatic heterocycles. The van der Waals surface area contributed by atoms with Gasteiger partial charge in [0.25, 0.3) is 0 Å². The van der Waals surface area contributed by atoms with Gasteiger partial charge in [0.1, 0.15) is 5.84 Å². The van der Waals surface area contributed by atoms with E-state index in [1.165, 1.54) is 0 Å². The van der Waals surface area contributed by atoms with E-state index in [1.54, 1.807) is 17.0 Å². The van der Waals surface area contributed by atoms with E-state index in [4.69, 9.17) is 11.1 Å². The third kappa shape index (κ3) is 1.83. The average molecular weight is 203 g/mol. The minimum atomic E-state index is 0.0503. The van der Waals surface area contributed by atoms with Crippen LogP contribution in [0.5, 0.6) is 0 Å². The monoisotopic (exact) mass is 203 g/mol. The van der Waals surface area contributed by atoms with Crippen molar-refractivity contribution in [3.05, 3.63) is 29.8 Å². The number of carbonyl (C=O) groups is 1. The highest BCUT2D eigenvalue weighted by atomic mass is 16.2. The lowest BCUT2D eigenvalue weighted by molar-refractivity contribution is -0.117. The zero-order valence-electron chi connectivity index (χ0n) is 8.36. The number of hydrogen-bond acceptors (Lipinski definition) is 2. The smallest absolute Gasteiger partial charge is 0.227 e. The predicted octanol–water partition coefficient (Wildman–Crippen LogP) is 1.10. The molecule has 0 aliphatic carbocycles. The van der Waals surface area contributed by atoms with E-state index in [1.807, 2.05) is 12.1 Å². The van der Waals surface area contributed by atoms with Gasteiger partial charge in [-0.2, -0.15) is 0 Å². The number of amides is 1. The molecule has 1 aromatic rings. The van der Waals surface area contributed by atoms with Gasteiger partial charge in [-0.1, -0.05) is 0 Å². The number of nitrogens with two attached hydrogens (primary N) is 1. The van der Waals surface area contributed by atoms with Crippen molar-refractivity contribution >= 4 is 17.4 Å². The van der Waals surface area contributed by atoms with Gasteiger partial charge in [0, 0.05) is 24.2 Å². The molecule has 0 saturated carbocycles. The topological polar surface area (TPSA) is 70.2 Å². The van der Waals surface area contributed by atoms with Gasteiger partial charge >= 0.3 is 0 Å². The van der Waals surface area contributed by atoms with Crippen LogP contribution < -0.4 is 10.6 Å². The van der Waals surface area contributed by atoms with Crippen LogP contribution in [-0.4, -0.2) is 18.3 Å². The lowest BCUT2D eigenvalue weighted by Crippen LogP contribution is -2.23. The molecule has 0 unspecified atom stereocenters. The molecular formula is C11H13N3O. The van der Waals surface area contributed by atoms with Crippen LogP contribution in [0.25, 0.3) is 0 Å². The molecule has 78 valence electrons. The molecule has 0 spiro atoms. The number of rotatable bonds is 2. The van der Waals surface area contributed by atoms with Gasteiger partial charge in [-0.3, -0.25) is 10.2 Å². The fraction of sp³-hybridized carbons (Fsp3) is 0.273. The molecule has 1 fully saturated rings. The first-order valence-corrected chi connectivity index (χ1v) is 4.93. The van der Waals surface area contributed by atoms with Crippen LogP contribution in [0.3, 0.4) is 0 Å². The molecule has 1 aliphatic rings. The summed E-state index contributed by atoms with van der Waals surface area (Å²) in [5.74, 6) is 0.222. The molecule has 2 rings (SSSR count). The molecule has 0 bridgehead atoms. The van der Waals surface area contributed by atoms with Crippen molar-refractivity contribution in [3.63, 3.8) is 0 Å². The van der Waals surface area contributed by atoms with E-state index in [-0.39, 0.29) is 11.7 Å². The maximum absolute atomic E-state index is 11.5. The van der Waals surface area contributed by atoms with Gasteiger partial charge in [0.05, 0.1) is 0 Å². The molecule has 1 aromatic carbocycles. The summed E-state index contributed by atoms with van der Waals surface area (Å²) < 4.78 is 0. The zero-order chi connectivity index (χ0) is 10.8. The number of hydrogen-bond donors (Lipinski definition) is 2. The van der Waals surface area contributed by atoms with Crippen LogP contribution in [0.1, 0.15) is 18.4 Å². The average Bonchev–Trinajstić information content (AvgIpc) is 2.65. The molecule has 0 aromatic heterocycles. The van der Waals surface area contributed by atoms with Crippen molar-refractivity contribution < 1.29 is 4.79 Å². The number of amidine groups is 1. The van der Waals surface area contributed by atoms with E-state index < -0.39 is 0 Å². The van der Waals surface area contributed by atoms with E-state index in [9.17, 15) is 4.79 Å². The minimum absolute atomic E-state index is 0.0503. The summed E-state index contributed by atoms with van der Waals surface area (Å²) in [7, 11) is 0. The highest BCUT2D eigenvalue weighted by Crippen LogP contribution is 2.21. The normalized spacial score (nSPS) is 15.7. The van der Waals surface area contributed by atoms with Gasteiger partial charge in [-0.05, 0) is 30.7 Å². The second-order valence-electron chi connectivity index (χ2n) is 3.61. The number of nitrogens with one attached hydrogen (secondary N) is 1. The van der Waals surface area contributed by atoms with E-state index in [0.717, 1.165) is 18.7 Å². The molecule has 4 nitrogen and oxygen atoms in total. The Morgan fingerprint density at radius 2 is 2.00 bits per heavy atom. The van der Waals surface area contributed by atoms with Gasteiger partial charge in [-0.15, -0.1) is 0 Å². The van der Waals surface area contributed by atoms with Crippen molar-refractivity contribution in [2.75, 3.05) is 11.4 Å². The number of anilines is 1. The molecule has 0 radical (unpaired) electrons. The van der Waals surface area contributed by atoms with Crippen LogP contribution >= 0.6 is 0 Å². The first kappa shape index (κ1) is 9.71. The summed E-state index contributed by atoms with van der Waals surface area (Å²) in [5.41, 5.74) is 6.92. The second kappa shape index (κ2) is 3.73. The first-order chi connectivity index (χ1) is 7.18. The summed E-state index contributed by atoms with van der Waals surface area (Å²) in [6.45, 7) is 0.790. The molecular weight excluding hydrogens is 190 g/mol. The second-order valence-corrected chi connectivity index (χ2v) is 3.61. The SMILES string of the molecule is N=C(N)c1ccc(N2CCCC2=O)cc1. The highest BCUT2D eigenvalue weighted by molar-refractivity contribution is 5.97. The van der Waals surface area contributed by atoms with Crippen LogP contribution in [0.15, 0.2) is 24.3 Å². The van der Waals surface area contributed by atoms with Crippen molar-refractivity contribution in [1.82, 2.24) is 0 Å². The fourth-order valence-electron chi connectivity index (χ4n) is 1.74. The summed E-state index contributed by atoms with van der Waals surface area (Å²) in [6, 6.07) is 7.20. The predicted molar refractivity (Wildman–Crippen MR) is 59.0 cm³/mol. The Kier molecular flexibility index (Phi) is 2.41. The zero-order valence-corrected chi connectivity index (χ0v) is 8.36. The Morgan fingerprint density at radius 3 is 2.47 bits per heavy atom. The summed E-state index contributed by atoms with van der Waals surface area (Å²) in [4.78, 5) is 13.2. The summed E-state index contributed by atoms with van der Waals surface area (Å²) in [5, 5.41) is 7.25. The fourth-order valence-corrected chi connectivity index (χ4v) is 1.74. The number of nitrogen functional groups attached to an aromatic ring is 1. The molecule has 1 heterocycles. The van der Waals surface area contributed by atoms with Crippen molar-refractivity contribution in [3.8, 4) is 0 Å². The van der Waals surface area contributed by atoms with Gasteiger partial charge in [0.2, 0.25) is 5.91 Å². The maximum atomic E-state index is 11.5. The van der Waals surface area contributed by atoms with Crippen LogP contribution in [-0.2, 0) is 4.79 Å². The lowest BCUT2D eigenvalue weighted by Gasteiger charge is -2.15. The molecule has 0 atom stereocenters.